The Morgan fingerprint density at radius 3 is 2.62 bits per heavy atom. The van der Waals surface area contributed by atoms with Gasteiger partial charge in [0.1, 0.15) is 11.3 Å². The van der Waals surface area contributed by atoms with Gasteiger partial charge >= 0.3 is 5.97 Å². The third-order valence-electron chi connectivity index (χ3n) is 2.12. The van der Waals surface area contributed by atoms with Gasteiger partial charge in [0.05, 0.1) is 6.61 Å². The quantitative estimate of drug-likeness (QED) is 0.781. The molecule has 0 heterocycles. The highest BCUT2D eigenvalue weighted by Gasteiger charge is 2.09. The van der Waals surface area contributed by atoms with Crippen LogP contribution in [0.4, 0.5) is 0 Å². The molecule has 0 aliphatic carbocycles. The number of unbranched alkanes of at least 4 members (excludes halogenated alkanes) is 2. The number of carboxylic acid groups (broad SMARTS) is 1. The molecule has 0 fully saturated rings. The standard InChI is InChI=1S/C12H16O3.ClH/c1-2-3-6-9-15-11-8-5-4-7-10(11)12(13)14;/h4-5,7-8H,2-3,6,9H2,1H3,(H,13,14);1H. The maximum absolute atomic E-state index is 10.8. The van der Waals surface area contributed by atoms with Crippen LogP contribution < -0.4 is 4.74 Å². The predicted octanol–water partition coefficient (Wildman–Crippen LogP) is 3.38. The molecule has 0 aliphatic heterocycles. The summed E-state index contributed by atoms with van der Waals surface area (Å²) in [4.78, 5) is 10.8. The average molecular weight is 245 g/mol. The van der Waals surface area contributed by atoms with Crippen molar-refractivity contribution in [3.63, 3.8) is 0 Å². The molecule has 0 radical (unpaired) electrons. The van der Waals surface area contributed by atoms with Crippen LogP contribution in [0.15, 0.2) is 24.3 Å². The minimum Gasteiger partial charge on any atom is -0.493 e. The van der Waals surface area contributed by atoms with Gasteiger partial charge < -0.3 is 9.84 Å². The van der Waals surface area contributed by atoms with E-state index in [-0.39, 0.29) is 18.0 Å². The Morgan fingerprint density at radius 1 is 1.31 bits per heavy atom. The van der Waals surface area contributed by atoms with Gasteiger partial charge in [-0.1, -0.05) is 31.9 Å². The van der Waals surface area contributed by atoms with Crippen LogP contribution in [0.25, 0.3) is 0 Å². The van der Waals surface area contributed by atoms with Crippen molar-refractivity contribution >= 4 is 18.4 Å². The highest BCUT2D eigenvalue weighted by molar-refractivity contribution is 5.90. The number of hydrogen-bond donors (Lipinski definition) is 1. The van der Waals surface area contributed by atoms with E-state index in [2.05, 4.69) is 6.92 Å². The summed E-state index contributed by atoms with van der Waals surface area (Å²) in [6.45, 7) is 2.70. The van der Waals surface area contributed by atoms with E-state index in [9.17, 15) is 4.79 Å². The first-order chi connectivity index (χ1) is 7.25. The molecule has 0 amide bonds. The lowest BCUT2D eigenvalue weighted by atomic mass is 10.2. The molecule has 0 saturated heterocycles. The van der Waals surface area contributed by atoms with Gasteiger partial charge in [-0.05, 0) is 18.6 Å². The largest absolute Gasteiger partial charge is 0.493 e. The number of carboxylic acids is 1. The fourth-order valence-corrected chi connectivity index (χ4v) is 1.30. The van der Waals surface area contributed by atoms with E-state index in [1.807, 2.05) is 0 Å². The molecule has 0 unspecified atom stereocenters. The second-order valence-corrected chi connectivity index (χ2v) is 3.36. The monoisotopic (exact) mass is 244 g/mol. The van der Waals surface area contributed by atoms with Gasteiger partial charge in [-0.3, -0.25) is 0 Å². The first-order valence-electron chi connectivity index (χ1n) is 5.20. The predicted molar refractivity (Wildman–Crippen MR) is 65.7 cm³/mol. The van der Waals surface area contributed by atoms with Crippen LogP contribution in [0, 0.1) is 0 Å². The summed E-state index contributed by atoms with van der Waals surface area (Å²) in [5, 5.41) is 8.89. The third kappa shape index (κ3) is 4.53. The smallest absolute Gasteiger partial charge is 0.339 e. The van der Waals surface area contributed by atoms with Crippen molar-refractivity contribution in [3.05, 3.63) is 29.8 Å². The van der Waals surface area contributed by atoms with Crippen LogP contribution in [0.5, 0.6) is 5.75 Å². The van der Waals surface area contributed by atoms with Crippen molar-refractivity contribution in [1.82, 2.24) is 0 Å². The topological polar surface area (TPSA) is 46.5 Å². The summed E-state index contributed by atoms with van der Waals surface area (Å²) >= 11 is 0. The molecular formula is C12H17ClO3. The number of aromatic carboxylic acids is 1. The number of hydrogen-bond acceptors (Lipinski definition) is 2. The van der Waals surface area contributed by atoms with E-state index < -0.39 is 5.97 Å². The highest BCUT2D eigenvalue weighted by Crippen LogP contribution is 2.18. The molecule has 0 spiro atoms. The number of rotatable bonds is 6. The SMILES string of the molecule is CCCCCOc1ccccc1C(=O)O.Cl. The molecule has 0 atom stereocenters. The molecule has 0 aliphatic rings. The lowest BCUT2D eigenvalue weighted by Crippen LogP contribution is -2.04. The summed E-state index contributed by atoms with van der Waals surface area (Å²) in [6.07, 6.45) is 3.20. The maximum Gasteiger partial charge on any atom is 0.339 e. The summed E-state index contributed by atoms with van der Waals surface area (Å²) in [6, 6.07) is 6.72. The normalized spacial score (nSPS) is 9.31. The first kappa shape index (κ1) is 14.8. The molecule has 1 N–H and O–H groups in total. The Balaban J connectivity index is 0.00000225. The van der Waals surface area contributed by atoms with E-state index in [1.54, 1.807) is 24.3 Å². The highest BCUT2D eigenvalue weighted by atomic mass is 35.5. The van der Waals surface area contributed by atoms with Crippen molar-refractivity contribution in [2.75, 3.05) is 6.61 Å². The summed E-state index contributed by atoms with van der Waals surface area (Å²) < 4.78 is 5.42. The van der Waals surface area contributed by atoms with Crippen LogP contribution in [-0.4, -0.2) is 17.7 Å². The lowest BCUT2D eigenvalue weighted by molar-refractivity contribution is 0.0692. The summed E-state index contributed by atoms with van der Waals surface area (Å²) in [5.41, 5.74) is 0.231. The van der Waals surface area contributed by atoms with Gasteiger partial charge in [0.25, 0.3) is 0 Å². The molecule has 16 heavy (non-hydrogen) atoms. The zero-order valence-electron chi connectivity index (χ0n) is 9.31. The molecule has 0 aromatic heterocycles. The van der Waals surface area contributed by atoms with Gasteiger partial charge in [0, 0.05) is 0 Å². The average Bonchev–Trinajstić information content (AvgIpc) is 2.25. The van der Waals surface area contributed by atoms with E-state index in [4.69, 9.17) is 9.84 Å². The van der Waals surface area contributed by atoms with Crippen molar-refractivity contribution < 1.29 is 14.6 Å². The third-order valence-corrected chi connectivity index (χ3v) is 2.12. The minimum absolute atomic E-state index is 0. The van der Waals surface area contributed by atoms with Gasteiger partial charge in [0.15, 0.2) is 0 Å². The molecule has 1 rings (SSSR count). The molecule has 90 valence electrons. The molecule has 3 nitrogen and oxygen atoms in total. The number of para-hydroxylation sites is 1. The Labute approximate surface area is 102 Å². The summed E-state index contributed by atoms with van der Waals surface area (Å²) in [7, 11) is 0. The van der Waals surface area contributed by atoms with Crippen molar-refractivity contribution in [1.29, 1.82) is 0 Å². The van der Waals surface area contributed by atoms with Crippen molar-refractivity contribution in [3.8, 4) is 5.75 Å². The zero-order chi connectivity index (χ0) is 11.1. The number of benzene rings is 1. The van der Waals surface area contributed by atoms with Gasteiger partial charge in [-0.2, -0.15) is 0 Å². The van der Waals surface area contributed by atoms with Crippen molar-refractivity contribution in [2.24, 2.45) is 0 Å². The van der Waals surface area contributed by atoms with Gasteiger partial charge in [0.2, 0.25) is 0 Å². The lowest BCUT2D eigenvalue weighted by Gasteiger charge is -2.08. The Hall–Kier alpha value is -1.22. The fourth-order valence-electron chi connectivity index (χ4n) is 1.30. The van der Waals surface area contributed by atoms with Crippen LogP contribution in [0.2, 0.25) is 0 Å². The van der Waals surface area contributed by atoms with Gasteiger partial charge in [-0.25, -0.2) is 4.79 Å². The number of ether oxygens (including phenoxy) is 1. The minimum atomic E-state index is -0.943. The number of halogens is 1. The zero-order valence-corrected chi connectivity index (χ0v) is 10.1. The second-order valence-electron chi connectivity index (χ2n) is 3.36. The van der Waals surface area contributed by atoms with E-state index >= 15 is 0 Å². The van der Waals surface area contributed by atoms with Crippen molar-refractivity contribution in [2.45, 2.75) is 26.2 Å². The fraction of sp³-hybridized carbons (Fsp3) is 0.417. The number of carbonyl (C=O) groups is 1. The Bertz CT molecular complexity index is 326. The molecule has 4 heteroatoms. The van der Waals surface area contributed by atoms with Crippen LogP contribution in [-0.2, 0) is 0 Å². The van der Waals surface area contributed by atoms with Crippen LogP contribution in [0.3, 0.4) is 0 Å². The van der Waals surface area contributed by atoms with Crippen LogP contribution in [0.1, 0.15) is 36.5 Å². The van der Waals surface area contributed by atoms with E-state index in [1.165, 1.54) is 0 Å². The van der Waals surface area contributed by atoms with E-state index in [0.29, 0.717) is 12.4 Å². The Morgan fingerprint density at radius 2 is 2.00 bits per heavy atom. The molecule has 1 aromatic carbocycles. The maximum atomic E-state index is 10.8. The second kappa shape index (κ2) is 7.99. The van der Waals surface area contributed by atoms with Crippen LogP contribution >= 0.6 is 12.4 Å². The summed E-state index contributed by atoms with van der Waals surface area (Å²) in [5.74, 6) is -0.484. The van der Waals surface area contributed by atoms with E-state index in [0.717, 1.165) is 19.3 Å². The van der Waals surface area contributed by atoms with Gasteiger partial charge in [-0.15, -0.1) is 12.4 Å². The Kier molecular flexibility index (Phi) is 7.38. The molecule has 0 bridgehead atoms. The molecular weight excluding hydrogens is 228 g/mol. The molecule has 0 saturated carbocycles. The first-order valence-corrected chi connectivity index (χ1v) is 5.20. The molecule has 1 aromatic rings.